The van der Waals surface area contributed by atoms with Gasteiger partial charge in [-0.1, -0.05) is 19.9 Å². The molecule has 2 atom stereocenters. The molecule has 3 amide bonds. The van der Waals surface area contributed by atoms with E-state index in [0.29, 0.717) is 48.7 Å². The molecule has 1 saturated heterocycles. The summed E-state index contributed by atoms with van der Waals surface area (Å²) >= 11 is 0. The highest BCUT2D eigenvalue weighted by atomic mass is 16.5. The van der Waals surface area contributed by atoms with E-state index in [2.05, 4.69) is 10.6 Å². The van der Waals surface area contributed by atoms with Crippen LogP contribution in [0.15, 0.2) is 36.4 Å². The molecule has 9 heteroatoms. The largest absolute Gasteiger partial charge is 0.496 e. The van der Waals surface area contributed by atoms with E-state index in [9.17, 15) is 14.4 Å². The Balaban J connectivity index is 1.66. The van der Waals surface area contributed by atoms with Gasteiger partial charge in [-0.25, -0.2) is 0 Å². The number of fused-ring (bicyclic) bond motifs is 7. The Labute approximate surface area is 217 Å². The van der Waals surface area contributed by atoms with Gasteiger partial charge in [-0.3, -0.25) is 14.4 Å². The molecule has 9 nitrogen and oxygen atoms in total. The van der Waals surface area contributed by atoms with Crippen LogP contribution < -0.4 is 24.8 Å². The van der Waals surface area contributed by atoms with E-state index in [1.807, 2.05) is 32.9 Å². The lowest BCUT2D eigenvalue weighted by molar-refractivity contribution is -0.134. The minimum Gasteiger partial charge on any atom is -0.496 e. The third-order valence-electron chi connectivity index (χ3n) is 6.63. The van der Waals surface area contributed by atoms with Gasteiger partial charge in [0.05, 0.1) is 13.2 Å². The summed E-state index contributed by atoms with van der Waals surface area (Å²) in [5.41, 5.74) is 2.01. The fourth-order valence-electron chi connectivity index (χ4n) is 4.57. The van der Waals surface area contributed by atoms with Crippen molar-refractivity contribution in [2.45, 2.75) is 52.3 Å². The summed E-state index contributed by atoms with van der Waals surface area (Å²) in [6.45, 7) is 6.86. The molecule has 2 N–H and O–H groups in total. The lowest BCUT2D eigenvalue weighted by Gasteiger charge is -2.39. The van der Waals surface area contributed by atoms with Crippen molar-refractivity contribution in [1.29, 1.82) is 0 Å². The van der Waals surface area contributed by atoms with Crippen molar-refractivity contribution in [1.82, 2.24) is 15.5 Å². The molecular weight excluding hydrogens is 474 g/mol. The average Bonchev–Trinajstić information content (AvgIpc) is 2.87. The fraction of sp³-hybridized carbons (Fsp3) is 0.464. The second-order valence-electron chi connectivity index (χ2n) is 9.98. The molecule has 0 spiro atoms. The number of methoxy groups -OCH3 is 1. The zero-order valence-electron chi connectivity index (χ0n) is 21.8. The van der Waals surface area contributed by atoms with E-state index in [4.69, 9.17) is 14.2 Å². The zero-order chi connectivity index (χ0) is 26.5. The predicted octanol–water partition coefficient (Wildman–Crippen LogP) is 2.84. The smallest absolute Gasteiger partial charge is 0.258 e. The first-order chi connectivity index (χ1) is 17.7. The zero-order valence-corrected chi connectivity index (χ0v) is 21.8. The van der Waals surface area contributed by atoms with Crippen molar-refractivity contribution < 1.29 is 28.6 Å². The number of piperidine rings is 1. The van der Waals surface area contributed by atoms with E-state index in [1.54, 1.807) is 36.3 Å². The van der Waals surface area contributed by atoms with Gasteiger partial charge < -0.3 is 29.7 Å². The molecular formula is C28H35N3O6. The van der Waals surface area contributed by atoms with Gasteiger partial charge in [0.2, 0.25) is 5.91 Å². The standard InChI is InChI=1S/C28H35N3O6/c1-17(2)11-27(33)31-10-9-23-22(15-31)30-28(34)19-6-5-18(3)24(12-19)36-16-26(32)29-14-20-7-8-21(37-23)13-25(20)35-4/h5-8,12-13,17,22-23H,9-11,14-16H2,1-4H3,(H,29,32)(H,30,34)/t22-,23+/m0/s1. The van der Waals surface area contributed by atoms with Gasteiger partial charge >= 0.3 is 0 Å². The van der Waals surface area contributed by atoms with Crippen LogP contribution in [0.25, 0.3) is 0 Å². The third kappa shape index (κ3) is 6.53. The highest BCUT2D eigenvalue weighted by Gasteiger charge is 2.34. The van der Waals surface area contributed by atoms with E-state index in [1.165, 1.54) is 0 Å². The maximum atomic E-state index is 13.3. The van der Waals surface area contributed by atoms with Crippen molar-refractivity contribution in [3.05, 3.63) is 53.1 Å². The molecule has 0 unspecified atom stereocenters. The normalized spacial score (nSPS) is 20.2. The topological polar surface area (TPSA) is 106 Å². The maximum Gasteiger partial charge on any atom is 0.258 e. The summed E-state index contributed by atoms with van der Waals surface area (Å²) in [6, 6.07) is 10.2. The number of rotatable bonds is 3. The number of amides is 3. The number of nitrogens with zero attached hydrogens (tertiary/aromatic N) is 1. The van der Waals surface area contributed by atoms with Crippen molar-refractivity contribution >= 4 is 17.7 Å². The molecule has 2 aromatic carbocycles. The number of likely N-dealkylation sites (tertiary alicyclic amines) is 1. The van der Waals surface area contributed by atoms with Crippen LogP contribution in [-0.4, -0.2) is 61.6 Å². The fourth-order valence-corrected chi connectivity index (χ4v) is 4.57. The Kier molecular flexibility index (Phi) is 8.21. The summed E-state index contributed by atoms with van der Waals surface area (Å²) in [4.78, 5) is 40.4. The van der Waals surface area contributed by atoms with E-state index in [-0.39, 0.29) is 42.9 Å². The van der Waals surface area contributed by atoms with Crippen LogP contribution in [0.5, 0.6) is 17.2 Å². The summed E-state index contributed by atoms with van der Waals surface area (Å²) in [5.74, 6) is 1.34. The van der Waals surface area contributed by atoms with Crippen LogP contribution in [0.2, 0.25) is 0 Å². The molecule has 0 aliphatic carbocycles. The molecule has 3 aliphatic rings. The molecule has 4 bridgehead atoms. The van der Waals surface area contributed by atoms with Crippen molar-refractivity contribution in [3.8, 4) is 17.2 Å². The molecule has 2 aromatic rings. The van der Waals surface area contributed by atoms with Crippen molar-refractivity contribution in [3.63, 3.8) is 0 Å². The van der Waals surface area contributed by atoms with Crippen molar-refractivity contribution in [2.75, 3.05) is 26.8 Å². The summed E-state index contributed by atoms with van der Waals surface area (Å²) < 4.78 is 17.6. The number of carbonyl (C=O) groups excluding carboxylic acids is 3. The van der Waals surface area contributed by atoms with Crippen LogP contribution in [0.1, 0.15) is 48.2 Å². The number of hydrogen-bond acceptors (Lipinski definition) is 6. The van der Waals surface area contributed by atoms with Gasteiger partial charge in [0.15, 0.2) is 6.61 Å². The molecule has 0 radical (unpaired) electrons. The minimum absolute atomic E-state index is 0.0697. The number of carbonyl (C=O) groups is 3. The van der Waals surface area contributed by atoms with E-state index >= 15 is 0 Å². The molecule has 3 aliphatic heterocycles. The van der Waals surface area contributed by atoms with Crippen LogP contribution >= 0.6 is 0 Å². The Morgan fingerprint density at radius 1 is 1.19 bits per heavy atom. The Hall–Kier alpha value is -3.75. The quantitative estimate of drug-likeness (QED) is 0.659. The second-order valence-corrected chi connectivity index (χ2v) is 9.98. The van der Waals surface area contributed by atoms with E-state index < -0.39 is 6.04 Å². The molecule has 5 rings (SSSR count). The Bertz CT molecular complexity index is 1160. The summed E-state index contributed by atoms with van der Waals surface area (Å²) in [6.07, 6.45) is 0.673. The average molecular weight is 510 g/mol. The number of aryl methyl sites for hydroxylation is 1. The summed E-state index contributed by atoms with van der Waals surface area (Å²) in [5, 5.41) is 5.92. The second kappa shape index (κ2) is 11.5. The van der Waals surface area contributed by atoms with Gasteiger partial charge in [0.25, 0.3) is 11.8 Å². The monoisotopic (exact) mass is 509 g/mol. The molecule has 3 heterocycles. The lowest BCUT2D eigenvalue weighted by Crippen LogP contribution is -2.58. The first-order valence-electron chi connectivity index (χ1n) is 12.7. The first-order valence-corrected chi connectivity index (χ1v) is 12.7. The summed E-state index contributed by atoms with van der Waals surface area (Å²) in [7, 11) is 1.56. The molecule has 37 heavy (non-hydrogen) atoms. The van der Waals surface area contributed by atoms with E-state index in [0.717, 1.165) is 11.1 Å². The van der Waals surface area contributed by atoms with Gasteiger partial charge in [0, 0.05) is 49.7 Å². The number of benzene rings is 2. The number of hydrogen-bond donors (Lipinski definition) is 2. The maximum absolute atomic E-state index is 13.3. The van der Waals surface area contributed by atoms with Gasteiger partial charge in [0.1, 0.15) is 23.4 Å². The highest BCUT2D eigenvalue weighted by Crippen LogP contribution is 2.28. The van der Waals surface area contributed by atoms with Gasteiger partial charge in [-0.15, -0.1) is 0 Å². The molecule has 1 fully saturated rings. The molecule has 0 aromatic heterocycles. The van der Waals surface area contributed by atoms with Crippen LogP contribution in [0, 0.1) is 12.8 Å². The number of ether oxygens (including phenoxy) is 3. The first kappa shape index (κ1) is 26.3. The van der Waals surface area contributed by atoms with Crippen molar-refractivity contribution in [2.24, 2.45) is 5.92 Å². The lowest BCUT2D eigenvalue weighted by atomic mass is 9.99. The van der Waals surface area contributed by atoms with Crippen LogP contribution in [0.3, 0.4) is 0 Å². The van der Waals surface area contributed by atoms with Gasteiger partial charge in [-0.05, 0) is 42.7 Å². The third-order valence-corrected chi connectivity index (χ3v) is 6.63. The highest BCUT2D eigenvalue weighted by molar-refractivity contribution is 5.95. The minimum atomic E-state index is -0.423. The molecule has 198 valence electrons. The Morgan fingerprint density at radius 3 is 2.76 bits per heavy atom. The molecule has 0 saturated carbocycles. The van der Waals surface area contributed by atoms with Gasteiger partial charge in [-0.2, -0.15) is 0 Å². The Morgan fingerprint density at radius 2 is 2.00 bits per heavy atom. The predicted molar refractivity (Wildman–Crippen MR) is 138 cm³/mol. The van der Waals surface area contributed by atoms with Crippen LogP contribution in [-0.2, 0) is 16.1 Å². The SMILES string of the molecule is COc1cc2ccc1CNC(=O)COc1cc(ccc1C)C(=O)N[C@H]1CN(C(=O)CC(C)C)CC[C@H]1O2. The van der Waals surface area contributed by atoms with Crippen LogP contribution in [0.4, 0.5) is 0 Å². The number of nitrogens with one attached hydrogen (secondary N) is 2.